The number of rotatable bonds is 5. The highest BCUT2D eigenvalue weighted by atomic mass is 19.3. The number of alkyl halides is 2. The van der Waals surface area contributed by atoms with Crippen molar-refractivity contribution in [3.63, 3.8) is 0 Å². The fourth-order valence-corrected chi connectivity index (χ4v) is 1.74. The Kier molecular flexibility index (Phi) is 4.67. The van der Waals surface area contributed by atoms with Crippen molar-refractivity contribution in [2.24, 2.45) is 5.73 Å². The van der Waals surface area contributed by atoms with E-state index < -0.39 is 18.4 Å². The Bertz CT molecular complexity index is 687. The highest BCUT2D eigenvalue weighted by Crippen LogP contribution is 2.16. The Morgan fingerprint density at radius 1 is 1.05 bits per heavy atom. The lowest BCUT2D eigenvalue weighted by atomic mass is 10.1. The predicted octanol–water partition coefficient (Wildman–Crippen LogP) is 2.64. The highest BCUT2D eigenvalue weighted by Gasteiger charge is 2.09. The van der Waals surface area contributed by atoms with Crippen molar-refractivity contribution in [2.75, 3.05) is 5.32 Å². The summed E-state index contributed by atoms with van der Waals surface area (Å²) >= 11 is 0. The third-order valence-corrected chi connectivity index (χ3v) is 2.75. The van der Waals surface area contributed by atoms with Gasteiger partial charge in [0.15, 0.2) is 0 Å². The van der Waals surface area contributed by atoms with Crippen LogP contribution < -0.4 is 15.8 Å². The van der Waals surface area contributed by atoms with E-state index in [4.69, 9.17) is 5.73 Å². The fourth-order valence-electron chi connectivity index (χ4n) is 1.74. The van der Waals surface area contributed by atoms with E-state index in [0.29, 0.717) is 5.69 Å². The van der Waals surface area contributed by atoms with Gasteiger partial charge in [-0.1, -0.05) is 6.07 Å². The minimum atomic E-state index is -2.92. The number of carbonyl (C=O) groups excluding carboxylic acids is 2. The maximum atomic E-state index is 12.0. The third-order valence-electron chi connectivity index (χ3n) is 2.75. The number of hydrogen-bond donors (Lipinski definition) is 2. The summed E-state index contributed by atoms with van der Waals surface area (Å²) in [5, 5.41) is 2.58. The molecule has 2 amide bonds. The van der Waals surface area contributed by atoms with E-state index in [-0.39, 0.29) is 16.9 Å². The Hall–Kier alpha value is -2.96. The molecular weight excluding hydrogens is 294 g/mol. The van der Waals surface area contributed by atoms with E-state index >= 15 is 0 Å². The second kappa shape index (κ2) is 6.66. The Balaban J connectivity index is 2.08. The molecule has 0 atom stereocenters. The van der Waals surface area contributed by atoms with Crippen molar-refractivity contribution >= 4 is 17.5 Å². The maximum Gasteiger partial charge on any atom is 0.387 e. The molecule has 5 nitrogen and oxygen atoms in total. The Morgan fingerprint density at radius 3 is 2.32 bits per heavy atom. The van der Waals surface area contributed by atoms with E-state index in [1.54, 1.807) is 12.1 Å². The fraction of sp³-hybridized carbons (Fsp3) is 0.0667. The summed E-state index contributed by atoms with van der Waals surface area (Å²) in [6.45, 7) is -2.92. The number of hydrogen-bond acceptors (Lipinski definition) is 3. The summed E-state index contributed by atoms with van der Waals surface area (Å²) in [6.07, 6.45) is 0. The number of anilines is 1. The molecule has 0 unspecified atom stereocenters. The van der Waals surface area contributed by atoms with Crippen LogP contribution in [0.5, 0.6) is 5.75 Å². The zero-order valence-corrected chi connectivity index (χ0v) is 11.3. The van der Waals surface area contributed by atoms with E-state index in [0.717, 1.165) is 0 Å². The van der Waals surface area contributed by atoms with Crippen LogP contribution in [-0.4, -0.2) is 18.4 Å². The van der Waals surface area contributed by atoms with Gasteiger partial charge < -0.3 is 15.8 Å². The predicted molar refractivity (Wildman–Crippen MR) is 76.0 cm³/mol. The van der Waals surface area contributed by atoms with Crippen LogP contribution in [0, 0.1) is 0 Å². The molecule has 7 heteroatoms. The van der Waals surface area contributed by atoms with Crippen LogP contribution in [0.1, 0.15) is 20.7 Å². The monoisotopic (exact) mass is 306 g/mol. The number of amides is 2. The Labute approximate surface area is 124 Å². The number of ether oxygens (including phenoxy) is 1. The maximum absolute atomic E-state index is 12.0. The van der Waals surface area contributed by atoms with Crippen molar-refractivity contribution in [2.45, 2.75) is 6.61 Å². The molecule has 0 radical (unpaired) electrons. The highest BCUT2D eigenvalue weighted by molar-refractivity contribution is 6.05. The van der Waals surface area contributed by atoms with Crippen LogP contribution in [0.2, 0.25) is 0 Å². The number of benzene rings is 2. The topological polar surface area (TPSA) is 81.4 Å². The smallest absolute Gasteiger partial charge is 0.387 e. The van der Waals surface area contributed by atoms with Gasteiger partial charge >= 0.3 is 6.61 Å². The molecule has 0 aliphatic heterocycles. The van der Waals surface area contributed by atoms with Gasteiger partial charge in [-0.3, -0.25) is 9.59 Å². The van der Waals surface area contributed by atoms with Gasteiger partial charge in [-0.2, -0.15) is 8.78 Å². The summed E-state index contributed by atoms with van der Waals surface area (Å²) in [6, 6.07) is 11.4. The molecule has 2 rings (SSSR count). The van der Waals surface area contributed by atoms with Crippen LogP contribution in [-0.2, 0) is 0 Å². The summed E-state index contributed by atoms with van der Waals surface area (Å²) in [5.74, 6) is -1.10. The summed E-state index contributed by atoms with van der Waals surface area (Å²) in [5.41, 5.74) is 6.07. The Morgan fingerprint density at radius 2 is 1.73 bits per heavy atom. The molecule has 114 valence electrons. The van der Waals surface area contributed by atoms with Crippen molar-refractivity contribution in [1.29, 1.82) is 0 Å². The SMILES string of the molecule is NC(=O)c1cccc(NC(=O)c2ccc(OC(F)F)cc2)c1. The van der Waals surface area contributed by atoms with E-state index in [2.05, 4.69) is 10.1 Å². The minimum absolute atomic E-state index is 0.0396. The first-order chi connectivity index (χ1) is 10.5. The summed E-state index contributed by atoms with van der Waals surface area (Å²) < 4.78 is 28.3. The molecule has 0 saturated heterocycles. The number of nitrogens with two attached hydrogens (primary N) is 1. The molecule has 0 aliphatic carbocycles. The second-order valence-corrected chi connectivity index (χ2v) is 4.30. The zero-order valence-electron chi connectivity index (χ0n) is 11.3. The molecule has 2 aromatic carbocycles. The van der Waals surface area contributed by atoms with Gasteiger partial charge in [-0.05, 0) is 42.5 Å². The standard InChI is InChI=1S/C15H12F2N2O3/c16-15(17)22-12-6-4-9(5-7-12)14(21)19-11-3-1-2-10(8-11)13(18)20/h1-8,15H,(H2,18,20)(H,19,21). The number of primary amides is 1. The summed E-state index contributed by atoms with van der Waals surface area (Å²) in [7, 11) is 0. The van der Waals surface area contributed by atoms with Crippen molar-refractivity contribution in [3.05, 3.63) is 59.7 Å². The molecule has 0 spiro atoms. The molecule has 2 aromatic rings. The quantitative estimate of drug-likeness (QED) is 0.891. The first-order valence-corrected chi connectivity index (χ1v) is 6.22. The van der Waals surface area contributed by atoms with Gasteiger partial charge in [0.2, 0.25) is 5.91 Å². The number of halogens is 2. The summed E-state index contributed by atoms with van der Waals surface area (Å²) in [4.78, 5) is 23.1. The van der Waals surface area contributed by atoms with Gasteiger partial charge in [0.25, 0.3) is 5.91 Å². The van der Waals surface area contributed by atoms with Gasteiger partial charge in [-0.25, -0.2) is 0 Å². The van der Waals surface area contributed by atoms with Gasteiger partial charge in [0, 0.05) is 16.8 Å². The van der Waals surface area contributed by atoms with Crippen LogP contribution >= 0.6 is 0 Å². The molecule has 0 aliphatic rings. The normalized spacial score (nSPS) is 10.3. The van der Waals surface area contributed by atoms with E-state index in [1.165, 1.54) is 36.4 Å². The third kappa shape index (κ3) is 4.02. The van der Waals surface area contributed by atoms with Crippen LogP contribution in [0.15, 0.2) is 48.5 Å². The molecular formula is C15H12F2N2O3. The minimum Gasteiger partial charge on any atom is -0.435 e. The molecule has 0 bridgehead atoms. The molecule has 0 saturated carbocycles. The largest absolute Gasteiger partial charge is 0.435 e. The second-order valence-electron chi connectivity index (χ2n) is 4.30. The van der Waals surface area contributed by atoms with E-state index in [1.807, 2.05) is 0 Å². The van der Waals surface area contributed by atoms with E-state index in [9.17, 15) is 18.4 Å². The molecule has 0 heterocycles. The van der Waals surface area contributed by atoms with Crippen molar-refractivity contribution in [1.82, 2.24) is 0 Å². The van der Waals surface area contributed by atoms with Gasteiger partial charge in [0.1, 0.15) is 5.75 Å². The van der Waals surface area contributed by atoms with Gasteiger partial charge in [0.05, 0.1) is 0 Å². The lowest BCUT2D eigenvalue weighted by Crippen LogP contribution is -2.14. The van der Waals surface area contributed by atoms with Crippen LogP contribution in [0.4, 0.5) is 14.5 Å². The molecule has 0 fully saturated rings. The average molecular weight is 306 g/mol. The zero-order chi connectivity index (χ0) is 16.1. The molecule has 22 heavy (non-hydrogen) atoms. The lowest BCUT2D eigenvalue weighted by Gasteiger charge is -2.08. The first kappa shape index (κ1) is 15.4. The van der Waals surface area contributed by atoms with Crippen molar-refractivity contribution < 1.29 is 23.1 Å². The number of nitrogens with one attached hydrogen (secondary N) is 1. The lowest BCUT2D eigenvalue weighted by molar-refractivity contribution is -0.0498. The first-order valence-electron chi connectivity index (χ1n) is 6.22. The van der Waals surface area contributed by atoms with Crippen LogP contribution in [0.3, 0.4) is 0 Å². The molecule has 3 N–H and O–H groups in total. The average Bonchev–Trinajstić information content (AvgIpc) is 2.47. The number of carbonyl (C=O) groups is 2. The van der Waals surface area contributed by atoms with Gasteiger partial charge in [-0.15, -0.1) is 0 Å². The van der Waals surface area contributed by atoms with Crippen molar-refractivity contribution in [3.8, 4) is 5.75 Å². The van der Waals surface area contributed by atoms with Crippen LogP contribution in [0.25, 0.3) is 0 Å². The molecule has 0 aromatic heterocycles.